The summed E-state index contributed by atoms with van der Waals surface area (Å²) in [5, 5.41) is 3.55. The van der Waals surface area contributed by atoms with Gasteiger partial charge in [0, 0.05) is 43.6 Å². The highest BCUT2D eigenvalue weighted by Gasteiger charge is 2.34. The fourth-order valence-electron chi connectivity index (χ4n) is 4.38. The van der Waals surface area contributed by atoms with Gasteiger partial charge >= 0.3 is 0 Å². The monoisotopic (exact) mass is 496 g/mol. The van der Waals surface area contributed by atoms with Crippen molar-refractivity contribution >= 4 is 41.7 Å². The van der Waals surface area contributed by atoms with Crippen LogP contribution >= 0.6 is 35.7 Å². The Kier molecular flexibility index (Phi) is 9.82. The third-order valence-electron chi connectivity index (χ3n) is 5.83. The molecule has 3 saturated heterocycles. The number of hydrogen-bond donors (Lipinski definition) is 1. The van der Waals surface area contributed by atoms with E-state index < -0.39 is 0 Å². The average molecular weight is 497 g/mol. The summed E-state index contributed by atoms with van der Waals surface area (Å²) in [6.45, 7) is 13.0. The number of guanidine groups is 1. The predicted molar refractivity (Wildman–Crippen MR) is 123 cm³/mol. The van der Waals surface area contributed by atoms with Crippen molar-refractivity contribution in [2.24, 2.45) is 4.99 Å². The van der Waals surface area contributed by atoms with Crippen molar-refractivity contribution in [2.75, 3.05) is 58.2 Å². The van der Waals surface area contributed by atoms with Crippen LogP contribution in [0.5, 0.6) is 0 Å². The molecule has 3 aliphatic heterocycles. The number of nitrogens with one attached hydrogen (secondary N) is 1. The number of halogens is 1. The minimum absolute atomic E-state index is 0. The molecule has 1 N–H and O–H groups in total. The van der Waals surface area contributed by atoms with Crippen LogP contribution in [0.4, 0.5) is 0 Å². The largest absolute Gasteiger partial charge is 0.381 e. The maximum Gasteiger partial charge on any atom is 0.194 e. The molecule has 3 rings (SSSR count). The Morgan fingerprint density at radius 3 is 2.58 bits per heavy atom. The summed E-state index contributed by atoms with van der Waals surface area (Å²) in [5.41, 5.74) is 0. The van der Waals surface area contributed by atoms with E-state index in [9.17, 15) is 0 Å². The maximum atomic E-state index is 5.60. The molecule has 0 aromatic heterocycles. The lowest BCUT2D eigenvalue weighted by atomic mass is 9.99. The van der Waals surface area contributed by atoms with Gasteiger partial charge in [0.15, 0.2) is 5.96 Å². The molecule has 1 unspecified atom stereocenters. The third kappa shape index (κ3) is 5.88. The van der Waals surface area contributed by atoms with Crippen molar-refractivity contribution in [1.82, 2.24) is 15.1 Å². The first-order valence-corrected chi connectivity index (χ1v) is 11.2. The number of hydrogen-bond acceptors (Lipinski definition) is 4. The number of aliphatic imine (C=N–C) groups is 1. The Bertz CT molecular complexity index is 434. The van der Waals surface area contributed by atoms with Crippen molar-refractivity contribution in [3.05, 3.63) is 0 Å². The lowest BCUT2D eigenvalue weighted by Crippen LogP contribution is -2.44. The summed E-state index contributed by atoms with van der Waals surface area (Å²) in [7, 11) is 0. The minimum atomic E-state index is 0. The molecule has 0 saturated carbocycles. The van der Waals surface area contributed by atoms with Crippen molar-refractivity contribution < 1.29 is 4.74 Å². The van der Waals surface area contributed by atoms with Gasteiger partial charge in [-0.25, -0.2) is 0 Å². The topological polar surface area (TPSA) is 40.1 Å². The van der Waals surface area contributed by atoms with Gasteiger partial charge in [-0.1, -0.05) is 6.92 Å². The van der Waals surface area contributed by atoms with Crippen molar-refractivity contribution in [2.45, 2.75) is 56.7 Å². The second-order valence-corrected chi connectivity index (χ2v) is 9.26. The zero-order valence-electron chi connectivity index (χ0n) is 16.5. The highest BCUT2D eigenvalue weighted by molar-refractivity contribution is 14.0. The van der Waals surface area contributed by atoms with Gasteiger partial charge in [-0.2, -0.15) is 11.8 Å². The number of rotatable bonds is 6. The van der Waals surface area contributed by atoms with Crippen LogP contribution in [-0.2, 0) is 4.74 Å². The molecule has 0 aliphatic carbocycles. The summed E-state index contributed by atoms with van der Waals surface area (Å²) in [6, 6.07) is 0.730. The molecule has 152 valence electrons. The van der Waals surface area contributed by atoms with E-state index in [1.807, 2.05) is 0 Å². The number of thioether (sulfide) groups is 1. The number of ether oxygens (including phenoxy) is 1. The average Bonchev–Trinajstić information content (AvgIpc) is 3.31. The Hall–Kier alpha value is 0.270. The fourth-order valence-corrected chi connectivity index (χ4v) is 5.61. The van der Waals surface area contributed by atoms with Crippen LogP contribution < -0.4 is 5.32 Å². The van der Waals surface area contributed by atoms with Crippen LogP contribution in [0.2, 0.25) is 0 Å². The third-order valence-corrected chi connectivity index (χ3v) is 7.26. The lowest BCUT2D eigenvalue weighted by molar-refractivity contribution is 0.0793. The van der Waals surface area contributed by atoms with Crippen LogP contribution in [0.15, 0.2) is 4.99 Å². The molecule has 0 radical (unpaired) electrons. The first-order valence-electron chi connectivity index (χ1n) is 10.3. The van der Waals surface area contributed by atoms with E-state index in [0.29, 0.717) is 0 Å². The first kappa shape index (κ1) is 22.6. The number of nitrogens with zero attached hydrogens (tertiary/aromatic N) is 3. The Morgan fingerprint density at radius 1 is 1.19 bits per heavy atom. The fraction of sp³-hybridized carbons (Fsp3) is 0.947. The molecule has 3 aliphatic rings. The first-order chi connectivity index (χ1) is 12.3. The van der Waals surface area contributed by atoms with E-state index in [-0.39, 0.29) is 28.7 Å². The Labute approximate surface area is 181 Å². The second-order valence-electron chi connectivity index (χ2n) is 7.53. The zero-order valence-corrected chi connectivity index (χ0v) is 19.7. The smallest absolute Gasteiger partial charge is 0.194 e. The maximum absolute atomic E-state index is 5.60. The molecule has 1 atom stereocenters. The molecule has 0 amide bonds. The van der Waals surface area contributed by atoms with E-state index in [2.05, 4.69) is 40.7 Å². The highest BCUT2D eigenvalue weighted by Crippen LogP contribution is 2.35. The zero-order chi connectivity index (χ0) is 17.5. The van der Waals surface area contributed by atoms with Crippen LogP contribution in [0.3, 0.4) is 0 Å². The number of likely N-dealkylation sites (tertiary alicyclic amines) is 2. The van der Waals surface area contributed by atoms with Gasteiger partial charge in [-0.05, 0) is 57.9 Å². The van der Waals surface area contributed by atoms with Crippen LogP contribution in [0.25, 0.3) is 0 Å². The molecule has 3 heterocycles. The van der Waals surface area contributed by atoms with Crippen LogP contribution in [-0.4, -0.2) is 84.8 Å². The molecule has 7 heteroatoms. The molecule has 0 aromatic rings. The molecule has 3 fully saturated rings. The van der Waals surface area contributed by atoms with E-state index in [1.165, 1.54) is 32.4 Å². The van der Waals surface area contributed by atoms with Gasteiger partial charge in [-0.3, -0.25) is 9.89 Å². The van der Waals surface area contributed by atoms with Crippen LogP contribution in [0.1, 0.15) is 46.0 Å². The normalized spacial score (nSPS) is 26.8. The molecule has 26 heavy (non-hydrogen) atoms. The highest BCUT2D eigenvalue weighted by atomic mass is 127. The van der Waals surface area contributed by atoms with Gasteiger partial charge in [0.2, 0.25) is 0 Å². The van der Waals surface area contributed by atoms with Gasteiger partial charge in [-0.15, -0.1) is 24.0 Å². The van der Waals surface area contributed by atoms with Gasteiger partial charge < -0.3 is 15.0 Å². The second kappa shape index (κ2) is 11.3. The van der Waals surface area contributed by atoms with Crippen molar-refractivity contribution in [3.8, 4) is 0 Å². The summed E-state index contributed by atoms with van der Waals surface area (Å²) in [6.07, 6.45) is 6.30. The van der Waals surface area contributed by atoms with Gasteiger partial charge in [0.1, 0.15) is 0 Å². The van der Waals surface area contributed by atoms with Gasteiger partial charge in [0.25, 0.3) is 0 Å². The van der Waals surface area contributed by atoms with Crippen molar-refractivity contribution in [1.29, 1.82) is 0 Å². The Morgan fingerprint density at radius 2 is 1.92 bits per heavy atom. The SMILES string of the molecule is CCNC(=NCC1(SCC)CCOCC1)N1CCC(N2CCCC2)C1.I. The molecule has 0 bridgehead atoms. The van der Waals surface area contributed by atoms with E-state index in [0.717, 1.165) is 70.0 Å². The Balaban J connectivity index is 0.00000243. The summed E-state index contributed by atoms with van der Waals surface area (Å²) in [4.78, 5) is 10.3. The summed E-state index contributed by atoms with van der Waals surface area (Å²) < 4.78 is 5.88. The molecular weight excluding hydrogens is 459 g/mol. The molecule has 0 spiro atoms. The quantitative estimate of drug-likeness (QED) is 0.348. The van der Waals surface area contributed by atoms with E-state index in [4.69, 9.17) is 9.73 Å². The van der Waals surface area contributed by atoms with E-state index >= 15 is 0 Å². The lowest BCUT2D eigenvalue weighted by Gasteiger charge is -2.35. The summed E-state index contributed by atoms with van der Waals surface area (Å²) in [5.74, 6) is 2.29. The molecule has 0 aromatic carbocycles. The predicted octanol–water partition coefficient (Wildman–Crippen LogP) is 3.04. The van der Waals surface area contributed by atoms with E-state index in [1.54, 1.807) is 0 Å². The van der Waals surface area contributed by atoms with Gasteiger partial charge in [0.05, 0.1) is 6.54 Å². The molecular formula is C19H37IN4OS. The summed E-state index contributed by atoms with van der Waals surface area (Å²) >= 11 is 2.08. The molecule has 5 nitrogen and oxygen atoms in total. The van der Waals surface area contributed by atoms with Crippen molar-refractivity contribution in [3.63, 3.8) is 0 Å². The van der Waals surface area contributed by atoms with Crippen LogP contribution in [0, 0.1) is 0 Å². The minimum Gasteiger partial charge on any atom is -0.381 e. The standard InChI is InChI=1S/C19H36N4OS.HI/c1-3-20-18(21-16-19(25-4-2)8-13-24-14-9-19)23-12-7-17(15-23)22-10-5-6-11-22;/h17H,3-16H2,1-2H3,(H,20,21);1H.